The van der Waals surface area contributed by atoms with Gasteiger partial charge in [-0.25, -0.2) is 4.79 Å². The molecule has 1 atom stereocenters. The minimum atomic E-state index is -0.217. The fraction of sp³-hybridized carbons (Fsp3) is 0.389. The molecule has 2 N–H and O–H groups in total. The number of benzene rings is 1. The van der Waals surface area contributed by atoms with Crippen molar-refractivity contribution in [3.05, 3.63) is 40.6 Å². The Morgan fingerprint density at radius 2 is 2.20 bits per heavy atom. The summed E-state index contributed by atoms with van der Waals surface area (Å²) >= 11 is 1.71. The standard InChI is InChI=1S/C18H23N3O3S/c1-23-15-3-4-16(17(9-15)24-2)20-18(22)19-14-5-7-21(11-14)10-13-6-8-25-12-13/h3-4,6,8-9,12,14H,5,7,10-11H2,1-2H3,(H2,19,20,22)/t14-/m0/s1. The zero-order chi connectivity index (χ0) is 17.6. The first-order chi connectivity index (χ1) is 12.2. The van der Waals surface area contributed by atoms with Crippen molar-refractivity contribution in [2.75, 3.05) is 32.6 Å². The van der Waals surface area contributed by atoms with E-state index >= 15 is 0 Å². The zero-order valence-electron chi connectivity index (χ0n) is 14.5. The van der Waals surface area contributed by atoms with Crippen molar-refractivity contribution in [1.82, 2.24) is 10.2 Å². The lowest BCUT2D eigenvalue weighted by Gasteiger charge is -2.17. The van der Waals surface area contributed by atoms with Crippen molar-refractivity contribution in [3.8, 4) is 11.5 Å². The Kier molecular flexibility index (Phi) is 5.78. The molecule has 0 saturated carbocycles. The largest absolute Gasteiger partial charge is 0.497 e. The molecule has 2 heterocycles. The summed E-state index contributed by atoms with van der Waals surface area (Å²) in [7, 11) is 3.16. The van der Waals surface area contributed by atoms with E-state index in [0.717, 1.165) is 26.1 Å². The lowest BCUT2D eigenvalue weighted by Crippen LogP contribution is -2.39. The van der Waals surface area contributed by atoms with Gasteiger partial charge in [-0.05, 0) is 40.9 Å². The molecule has 2 aromatic rings. The van der Waals surface area contributed by atoms with Crippen molar-refractivity contribution < 1.29 is 14.3 Å². The molecule has 2 amide bonds. The van der Waals surface area contributed by atoms with E-state index in [1.165, 1.54) is 5.56 Å². The predicted molar refractivity (Wildman–Crippen MR) is 99.7 cm³/mol. The summed E-state index contributed by atoms with van der Waals surface area (Å²) in [5.41, 5.74) is 1.95. The number of rotatable bonds is 6. The van der Waals surface area contributed by atoms with Crippen molar-refractivity contribution in [3.63, 3.8) is 0 Å². The monoisotopic (exact) mass is 361 g/mol. The van der Waals surface area contributed by atoms with Crippen LogP contribution in [0.1, 0.15) is 12.0 Å². The summed E-state index contributed by atoms with van der Waals surface area (Å²) in [5.74, 6) is 1.25. The lowest BCUT2D eigenvalue weighted by atomic mass is 10.2. The molecular weight excluding hydrogens is 338 g/mol. The molecule has 0 aliphatic carbocycles. The van der Waals surface area contributed by atoms with E-state index in [2.05, 4.69) is 32.4 Å². The van der Waals surface area contributed by atoms with Gasteiger partial charge in [0, 0.05) is 31.7 Å². The van der Waals surface area contributed by atoms with E-state index in [9.17, 15) is 4.79 Å². The predicted octanol–water partition coefficient (Wildman–Crippen LogP) is 3.16. The normalized spacial score (nSPS) is 17.3. The number of carbonyl (C=O) groups is 1. The minimum Gasteiger partial charge on any atom is -0.497 e. The Bertz CT molecular complexity index is 706. The lowest BCUT2D eigenvalue weighted by molar-refractivity contribution is 0.247. The number of anilines is 1. The summed E-state index contributed by atoms with van der Waals surface area (Å²) < 4.78 is 10.5. The van der Waals surface area contributed by atoms with E-state index < -0.39 is 0 Å². The summed E-state index contributed by atoms with van der Waals surface area (Å²) in [6.45, 7) is 2.80. The number of carbonyl (C=O) groups excluding carboxylic acids is 1. The molecule has 134 valence electrons. The molecular formula is C18H23N3O3S. The fourth-order valence-corrected chi connectivity index (χ4v) is 3.64. The third-order valence-electron chi connectivity index (χ3n) is 4.25. The first kappa shape index (κ1) is 17.6. The van der Waals surface area contributed by atoms with Gasteiger partial charge in [-0.15, -0.1) is 0 Å². The van der Waals surface area contributed by atoms with Crippen LogP contribution in [0, 0.1) is 0 Å². The molecule has 6 nitrogen and oxygen atoms in total. The smallest absolute Gasteiger partial charge is 0.319 e. The summed E-state index contributed by atoms with van der Waals surface area (Å²) in [6, 6.07) is 7.39. The summed E-state index contributed by atoms with van der Waals surface area (Å²) in [4.78, 5) is 14.7. The first-order valence-corrected chi connectivity index (χ1v) is 9.15. The van der Waals surface area contributed by atoms with E-state index in [0.29, 0.717) is 17.2 Å². The van der Waals surface area contributed by atoms with Gasteiger partial charge in [0.05, 0.1) is 19.9 Å². The molecule has 0 unspecified atom stereocenters. The summed E-state index contributed by atoms with van der Waals surface area (Å²) in [6.07, 6.45) is 0.956. The molecule has 1 aromatic heterocycles. The number of hydrogen-bond acceptors (Lipinski definition) is 5. The van der Waals surface area contributed by atoms with Gasteiger partial charge in [0.1, 0.15) is 11.5 Å². The maximum Gasteiger partial charge on any atom is 0.319 e. The third-order valence-corrected chi connectivity index (χ3v) is 4.98. The van der Waals surface area contributed by atoms with Gasteiger partial charge < -0.3 is 20.1 Å². The molecule has 3 rings (SSSR count). The second-order valence-electron chi connectivity index (χ2n) is 6.02. The van der Waals surface area contributed by atoms with Crippen LogP contribution < -0.4 is 20.1 Å². The van der Waals surface area contributed by atoms with Gasteiger partial charge >= 0.3 is 6.03 Å². The van der Waals surface area contributed by atoms with Gasteiger partial charge in [0.2, 0.25) is 0 Å². The van der Waals surface area contributed by atoms with Gasteiger partial charge in [-0.3, -0.25) is 4.90 Å². The molecule has 7 heteroatoms. The van der Waals surface area contributed by atoms with Crippen LogP contribution in [0.15, 0.2) is 35.0 Å². The van der Waals surface area contributed by atoms with Gasteiger partial charge in [-0.1, -0.05) is 0 Å². The maximum absolute atomic E-state index is 12.3. The Balaban J connectivity index is 1.51. The van der Waals surface area contributed by atoms with E-state index in [1.54, 1.807) is 43.8 Å². The number of methoxy groups -OCH3 is 2. The van der Waals surface area contributed by atoms with Gasteiger partial charge in [0.25, 0.3) is 0 Å². The molecule has 1 aromatic carbocycles. The number of ether oxygens (including phenoxy) is 2. The van der Waals surface area contributed by atoms with Crippen molar-refractivity contribution in [2.45, 2.75) is 19.0 Å². The molecule has 0 radical (unpaired) electrons. The highest BCUT2D eigenvalue weighted by atomic mass is 32.1. The highest BCUT2D eigenvalue weighted by Gasteiger charge is 2.24. The van der Waals surface area contributed by atoms with E-state index in [-0.39, 0.29) is 12.1 Å². The van der Waals surface area contributed by atoms with Crippen LogP contribution in [-0.4, -0.2) is 44.3 Å². The van der Waals surface area contributed by atoms with E-state index in [4.69, 9.17) is 9.47 Å². The number of nitrogens with zero attached hydrogens (tertiary/aromatic N) is 1. The fourth-order valence-electron chi connectivity index (χ4n) is 2.98. The molecule has 1 fully saturated rings. The maximum atomic E-state index is 12.3. The van der Waals surface area contributed by atoms with E-state index in [1.807, 2.05) is 0 Å². The average Bonchev–Trinajstić information content (AvgIpc) is 3.27. The quantitative estimate of drug-likeness (QED) is 0.830. The van der Waals surface area contributed by atoms with Crippen LogP contribution in [0.2, 0.25) is 0 Å². The number of amides is 2. The van der Waals surface area contributed by atoms with Crippen molar-refractivity contribution in [2.24, 2.45) is 0 Å². The van der Waals surface area contributed by atoms with Crippen LogP contribution in [0.5, 0.6) is 11.5 Å². The van der Waals surface area contributed by atoms with Gasteiger partial charge in [-0.2, -0.15) is 11.3 Å². The highest BCUT2D eigenvalue weighted by molar-refractivity contribution is 7.07. The molecule has 25 heavy (non-hydrogen) atoms. The molecule has 1 aliphatic heterocycles. The Morgan fingerprint density at radius 3 is 2.92 bits per heavy atom. The highest BCUT2D eigenvalue weighted by Crippen LogP contribution is 2.29. The van der Waals surface area contributed by atoms with Crippen molar-refractivity contribution in [1.29, 1.82) is 0 Å². The Labute approximate surface area is 151 Å². The summed E-state index contributed by atoms with van der Waals surface area (Å²) in [5, 5.41) is 10.2. The number of urea groups is 1. The van der Waals surface area contributed by atoms with Crippen LogP contribution in [0.25, 0.3) is 0 Å². The second-order valence-corrected chi connectivity index (χ2v) is 6.80. The van der Waals surface area contributed by atoms with Crippen LogP contribution >= 0.6 is 11.3 Å². The van der Waals surface area contributed by atoms with Crippen LogP contribution in [-0.2, 0) is 6.54 Å². The number of hydrogen-bond donors (Lipinski definition) is 2. The third kappa shape index (κ3) is 4.64. The topological polar surface area (TPSA) is 62.8 Å². The number of likely N-dealkylation sites (tertiary alicyclic amines) is 1. The Morgan fingerprint density at radius 1 is 1.32 bits per heavy atom. The first-order valence-electron chi connectivity index (χ1n) is 8.21. The second kappa shape index (κ2) is 8.22. The Hall–Kier alpha value is -2.25. The van der Waals surface area contributed by atoms with Crippen LogP contribution in [0.3, 0.4) is 0 Å². The molecule has 0 bridgehead atoms. The van der Waals surface area contributed by atoms with Crippen molar-refractivity contribution >= 4 is 23.1 Å². The van der Waals surface area contributed by atoms with Gasteiger partial charge in [0.15, 0.2) is 0 Å². The average molecular weight is 361 g/mol. The minimum absolute atomic E-state index is 0.155. The zero-order valence-corrected chi connectivity index (χ0v) is 15.3. The number of nitrogens with one attached hydrogen (secondary N) is 2. The molecule has 0 spiro atoms. The van der Waals surface area contributed by atoms with Crippen LogP contribution in [0.4, 0.5) is 10.5 Å². The molecule has 1 saturated heterocycles. The molecule has 1 aliphatic rings. The number of thiophene rings is 1. The SMILES string of the molecule is COc1ccc(NC(=O)N[C@H]2CCN(Cc3ccsc3)C2)c(OC)c1.